The van der Waals surface area contributed by atoms with Crippen LogP contribution in [-0.4, -0.2) is 58.2 Å². The van der Waals surface area contributed by atoms with Crippen molar-refractivity contribution in [2.24, 2.45) is 0 Å². The first-order valence-electron chi connectivity index (χ1n) is 8.85. The molecule has 2 aliphatic heterocycles. The van der Waals surface area contributed by atoms with Gasteiger partial charge in [0.05, 0.1) is 6.54 Å². The van der Waals surface area contributed by atoms with E-state index in [9.17, 15) is 4.79 Å². The molecule has 0 radical (unpaired) electrons. The highest BCUT2D eigenvalue weighted by Gasteiger charge is 2.31. The summed E-state index contributed by atoms with van der Waals surface area (Å²) >= 11 is 0. The molecule has 7 nitrogen and oxygen atoms in total. The summed E-state index contributed by atoms with van der Waals surface area (Å²) in [5.74, 6) is 1.18. The number of hydrogen-bond donors (Lipinski definition) is 1. The molecule has 0 spiro atoms. The number of hydrogen-bond acceptors (Lipinski definition) is 5. The number of aryl methyl sites for hydroxylation is 1. The van der Waals surface area contributed by atoms with E-state index in [0.29, 0.717) is 18.3 Å². The number of carbonyl (C=O) groups excluding carboxylic acids is 1. The Bertz CT molecular complexity index is 742. The molecule has 3 heterocycles. The molecule has 2 saturated heterocycles. The third-order valence-corrected chi connectivity index (χ3v) is 4.94. The minimum atomic E-state index is 0.0614. The molecular formula is C18H23N5O2. The van der Waals surface area contributed by atoms with Gasteiger partial charge in [0.1, 0.15) is 0 Å². The highest BCUT2D eigenvalue weighted by molar-refractivity contribution is 5.76. The summed E-state index contributed by atoms with van der Waals surface area (Å²) in [4.78, 5) is 16.1. The second kappa shape index (κ2) is 6.84. The van der Waals surface area contributed by atoms with Crippen molar-refractivity contribution in [2.45, 2.75) is 32.4 Å². The van der Waals surface area contributed by atoms with Gasteiger partial charge in [-0.05, 0) is 38.4 Å². The van der Waals surface area contributed by atoms with Crippen LogP contribution in [-0.2, 0) is 6.54 Å². The van der Waals surface area contributed by atoms with Gasteiger partial charge in [-0.15, -0.1) is 10.2 Å². The maximum Gasteiger partial charge on any atom is 0.317 e. The van der Waals surface area contributed by atoms with Crippen LogP contribution < -0.4 is 5.32 Å². The largest absolute Gasteiger partial charge is 0.419 e. The number of piperidine rings is 1. The number of rotatable bonds is 4. The van der Waals surface area contributed by atoms with Crippen molar-refractivity contribution in [1.29, 1.82) is 0 Å². The van der Waals surface area contributed by atoms with Gasteiger partial charge in [0.25, 0.3) is 0 Å². The number of benzene rings is 1. The van der Waals surface area contributed by atoms with Gasteiger partial charge in [-0.2, -0.15) is 0 Å². The molecule has 0 saturated carbocycles. The Morgan fingerprint density at radius 2 is 2.08 bits per heavy atom. The number of urea groups is 1. The van der Waals surface area contributed by atoms with Gasteiger partial charge in [-0.1, -0.05) is 17.7 Å². The van der Waals surface area contributed by atoms with Gasteiger partial charge in [0.2, 0.25) is 11.8 Å². The van der Waals surface area contributed by atoms with Crippen molar-refractivity contribution in [1.82, 2.24) is 25.3 Å². The molecule has 1 N–H and O–H groups in total. The second-order valence-electron chi connectivity index (χ2n) is 6.82. The van der Waals surface area contributed by atoms with E-state index in [1.807, 2.05) is 29.2 Å². The lowest BCUT2D eigenvalue weighted by molar-refractivity contribution is 0.115. The summed E-state index contributed by atoms with van der Waals surface area (Å²) in [5, 5.41) is 11.3. The number of nitrogens with one attached hydrogen (secondary N) is 1. The van der Waals surface area contributed by atoms with E-state index in [4.69, 9.17) is 4.42 Å². The topological polar surface area (TPSA) is 74.5 Å². The van der Waals surface area contributed by atoms with Gasteiger partial charge in [-0.3, -0.25) is 4.90 Å². The summed E-state index contributed by atoms with van der Waals surface area (Å²) in [5.41, 5.74) is 2.14. The third-order valence-electron chi connectivity index (χ3n) is 4.94. The van der Waals surface area contributed by atoms with Gasteiger partial charge in [-0.25, -0.2) is 4.79 Å². The van der Waals surface area contributed by atoms with Crippen molar-refractivity contribution >= 4 is 6.03 Å². The van der Waals surface area contributed by atoms with Crippen molar-refractivity contribution in [3.8, 4) is 11.5 Å². The smallest absolute Gasteiger partial charge is 0.317 e. The summed E-state index contributed by atoms with van der Waals surface area (Å²) in [6.07, 6.45) is 2.13. The molecule has 0 unspecified atom stereocenters. The molecule has 0 bridgehead atoms. The third kappa shape index (κ3) is 3.51. The van der Waals surface area contributed by atoms with E-state index in [1.165, 1.54) is 5.56 Å². The quantitative estimate of drug-likeness (QED) is 0.921. The molecule has 2 aromatic rings. The highest BCUT2D eigenvalue weighted by Crippen LogP contribution is 2.22. The fraction of sp³-hybridized carbons (Fsp3) is 0.500. The number of likely N-dealkylation sites (tertiary alicyclic amines) is 1. The average Bonchev–Trinajstić information content (AvgIpc) is 3.25. The Morgan fingerprint density at radius 1 is 1.24 bits per heavy atom. The normalized spacial score (nSPS) is 21.6. The maximum absolute atomic E-state index is 11.9. The van der Waals surface area contributed by atoms with E-state index in [0.717, 1.165) is 44.6 Å². The molecule has 7 heteroatoms. The summed E-state index contributed by atoms with van der Waals surface area (Å²) < 4.78 is 5.84. The van der Waals surface area contributed by atoms with E-state index in [1.54, 1.807) is 0 Å². The van der Waals surface area contributed by atoms with Crippen LogP contribution in [0.4, 0.5) is 4.79 Å². The fourth-order valence-electron chi connectivity index (χ4n) is 3.59. The summed E-state index contributed by atoms with van der Waals surface area (Å²) in [6, 6.07) is 8.40. The number of aromatic nitrogens is 2. The molecule has 1 atom stereocenters. The SMILES string of the molecule is Cc1ccc(-c2nnc(CN3CCC[C@H](N4CCNC4=O)C3)o2)cc1. The van der Waals surface area contributed by atoms with E-state index in [2.05, 4.69) is 27.3 Å². The minimum Gasteiger partial charge on any atom is -0.419 e. The Morgan fingerprint density at radius 3 is 2.84 bits per heavy atom. The summed E-state index contributed by atoms with van der Waals surface area (Å²) in [6.45, 7) is 6.08. The van der Waals surface area contributed by atoms with Crippen LogP contribution in [0.3, 0.4) is 0 Å². The van der Waals surface area contributed by atoms with Gasteiger partial charge in [0, 0.05) is 31.2 Å². The zero-order valence-corrected chi connectivity index (χ0v) is 14.4. The predicted octanol–water partition coefficient (Wildman–Crippen LogP) is 2.03. The first-order valence-corrected chi connectivity index (χ1v) is 8.85. The Balaban J connectivity index is 1.40. The van der Waals surface area contributed by atoms with Crippen molar-refractivity contribution in [2.75, 3.05) is 26.2 Å². The standard InChI is InChI=1S/C18H23N5O2/c1-13-4-6-14(7-5-13)17-21-20-16(25-17)12-22-9-2-3-15(11-22)23-10-8-19-18(23)24/h4-7,15H,2-3,8-12H2,1H3,(H,19,24)/t15-/m0/s1. The van der Waals surface area contributed by atoms with Crippen molar-refractivity contribution in [3.05, 3.63) is 35.7 Å². The Kier molecular flexibility index (Phi) is 4.40. The van der Waals surface area contributed by atoms with Crippen LogP contribution in [0, 0.1) is 6.92 Å². The zero-order chi connectivity index (χ0) is 17.2. The molecule has 2 amide bonds. The van der Waals surface area contributed by atoms with Crippen LogP contribution in [0.15, 0.2) is 28.7 Å². The molecule has 1 aromatic carbocycles. The maximum atomic E-state index is 11.9. The Labute approximate surface area is 147 Å². The van der Waals surface area contributed by atoms with E-state index >= 15 is 0 Å². The summed E-state index contributed by atoms with van der Waals surface area (Å²) in [7, 11) is 0. The highest BCUT2D eigenvalue weighted by atomic mass is 16.4. The molecular weight excluding hydrogens is 318 g/mol. The van der Waals surface area contributed by atoms with Gasteiger partial charge < -0.3 is 14.6 Å². The molecule has 132 valence electrons. The zero-order valence-electron chi connectivity index (χ0n) is 14.4. The number of carbonyl (C=O) groups is 1. The van der Waals surface area contributed by atoms with Gasteiger partial charge >= 0.3 is 6.03 Å². The minimum absolute atomic E-state index is 0.0614. The molecule has 4 rings (SSSR count). The number of amides is 2. The predicted molar refractivity (Wildman–Crippen MR) is 92.9 cm³/mol. The molecule has 2 aliphatic rings. The lowest BCUT2D eigenvalue weighted by Crippen LogP contribution is -2.48. The lowest BCUT2D eigenvalue weighted by Gasteiger charge is -2.36. The molecule has 0 aliphatic carbocycles. The van der Waals surface area contributed by atoms with Crippen molar-refractivity contribution in [3.63, 3.8) is 0 Å². The first-order chi connectivity index (χ1) is 12.2. The van der Waals surface area contributed by atoms with Crippen LogP contribution in [0.25, 0.3) is 11.5 Å². The van der Waals surface area contributed by atoms with Gasteiger partial charge in [0.15, 0.2) is 0 Å². The lowest BCUT2D eigenvalue weighted by atomic mass is 10.0. The monoisotopic (exact) mass is 341 g/mol. The second-order valence-corrected chi connectivity index (χ2v) is 6.82. The van der Waals surface area contributed by atoms with Crippen LogP contribution in [0.2, 0.25) is 0 Å². The fourth-order valence-corrected chi connectivity index (χ4v) is 3.59. The number of nitrogens with zero attached hydrogens (tertiary/aromatic N) is 4. The van der Waals surface area contributed by atoms with Crippen LogP contribution in [0.1, 0.15) is 24.3 Å². The van der Waals surface area contributed by atoms with Crippen LogP contribution in [0.5, 0.6) is 0 Å². The first kappa shape index (κ1) is 16.1. The Hall–Kier alpha value is -2.41. The van der Waals surface area contributed by atoms with Crippen molar-refractivity contribution < 1.29 is 9.21 Å². The van der Waals surface area contributed by atoms with E-state index < -0.39 is 0 Å². The molecule has 2 fully saturated rings. The molecule has 25 heavy (non-hydrogen) atoms. The average molecular weight is 341 g/mol. The van der Waals surface area contributed by atoms with E-state index in [-0.39, 0.29) is 12.1 Å². The van der Waals surface area contributed by atoms with Crippen LogP contribution >= 0.6 is 0 Å². The molecule has 1 aromatic heterocycles.